The molecule has 1 N–H and O–H groups in total. The third kappa shape index (κ3) is 6.08. The number of piperazine rings is 1. The average molecular weight is 488 g/mol. The van der Waals surface area contributed by atoms with Gasteiger partial charge in [0.2, 0.25) is 5.91 Å². The van der Waals surface area contributed by atoms with E-state index < -0.39 is 9.84 Å². The summed E-state index contributed by atoms with van der Waals surface area (Å²) in [5, 5.41) is 3.19. The number of carbonyl (C=O) groups is 1. The number of carbonyl (C=O) groups excluding carboxylic acids is 1. The third-order valence-electron chi connectivity index (χ3n) is 6.70. The lowest BCUT2D eigenvalue weighted by Crippen LogP contribution is -2.52. The van der Waals surface area contributed by atoms with Crippen molar-refractivity contribution in [1.29, 1.82) is 0 Å². The highest BCUT2D eigenvalue weighted by Gasteiger charge is 2.34. The van der Waals surface area contributed by atoms with Gasteiger partial charge in [-0.3, -0.25) is 14.6 Å². The van der Waals surface area contributed by atoms with Crippen molar-refractivity contribution in [2.75, 3.05) is 58.4 Å². The van der Waals surface area contributed by atoms with E-state index >= 15 is 0 Å². The maximum atomic E-state index is 13.0. The lowest BCUT2D eigenvalue weighted by Gasteiger charge is -2.37. The minimum absolute atomic E-state index is 0.0477. The lowest BCUT2D eigenvalue weighted by molar-refractivity contribution is -0.123. The van der Waals surface area contributed by atoms with Crippen LogP contribution in [0.5, 0.6) is 11.5 Å². The predicted molar refractivity (Wildman–Crippen MR) is 131 cm³/mol. The zero-order valence-electron chi connectivity index (χ0n) is 19.8. The molecule has 0 spiro atoms. The molecule has 0 unspecified atom stereocenters. The highest BCUT2D eigenvalue weighted by molar-refractivity contribution is 7.91. The van der Waals surface area contributed by atoms with Crippen LogP contribution in [-0.2, 0) is 14.6 Å². The molecule has 2 aliphatic heterocycles. The smallest absolute Gasteiger partial charge is 0.234 e. The van der Waals surface area contributed by atoms with Gasteiger partial charge in [0.15, 0.2) is 9.84 Å². The van der Waals surface area contributed by atoms with Gasteiger partial charge in [-0.25, -0.2) is 8.42 Å². The molecule has 0 aliphatic carbocycles. The molecule has 2 aromatic rings. The first-order chi connectivity index (χ1) is 16.4. The molecule has 8 nitrogen and oxygen atoms in total. The van der Waals surface area contributed by atoms with Gasteiger partial charge < -0.3 is 14.8 Å². The van der Waals surface area contributed by atoms with Crippen molar-refractivity contribution in [3.8, 4) is 11.5 Å². The molecule has 0 radical (unpaired) electrons. The number of sulfone groups is 1. The Morgan fingerprint density at radius 2 is 1.47 bits per heavy atom. The summed E-state index contributed by atoms with van der Waals surface area (Å²) in [6.07, 6.45) is 0.716. The molecule has 0 saturated carbocycles. The summed E-state index contributed by atoms with van der Waals surface area (Å²) in [6, 6.07) is 15.2. The fraction of sp³-hybridized carbons (Fsp3) is 0.480. The van der Waals surface area contributed by atoms with Crippen LogP contribution < -0.4 is 14.8 Å². The van der Waals surface area contributed by atoms with E-state index in [0.29, 0.717) is 18.7 Å². The number of benzene rings is 2. The number of nitrogens with one attached hydrogen (secondary N) is 1. The van der Waals surface area contributed by atoms with Crippen LogP contribution in [0.25, 0.3) is 0 Å². The highest BCUT2D eigenvalue weighted by Crippen LogP contribution is 2.26. The molecule has 184 valence electrons. The van der Waals surface area contributed by atoms with Gasteiger partial charge in [-0.05, 0) is 41.8 Å². The Hall–Kier alpha value is -2.62. The molecule has 4 rings (SSSR count). The Morgan fingerprint density at radius 3 is 1.91 bits per heavy atom. The van der Waals surface area contributed by atoms with Crippen LogP contribution >= 0.6 is 0 Å². The van der Waals surface area contributed by atoms with Crippen LogP contribution in [0.2, 0.25) is 0 Å². The van der Waals surface area contributed by atoms with Gasteiger partial charge in [0.1, 0.15) is 11.5 Å². The quantitative estimate of drug-likeness (QED) is 0.607. The summed E-state index contributed by atoms with van der Waals surface area (Å²) >= 11 is 0. The molecule has 2 heterocycles. The fourth-order valence-corrected chi connectivity index (χ4v) is 6.47. The third-order valence-corrected chi connectivity index (χ3v) is 8.45. The first kappa shape index (κ1) is 24.5. The Morgan fingerprint density at radius 1 is 0.941 bits per heavy atom. The Labute approximate surface area is 201 Å². The Kier molecular flexibility index (Phi) is 7.75. The van der Waals surface area contributed by atoms with Gasteiger partial charge in [-0.2, -0.15) is 0 Å². The summed E-state index contributed by atoms with van der Waals surface area (Å²) < 4.78 is 34.1. The second-order valence-electron chi connectivity index (χ2n) is 8.92. The lowest BCUT2D eigenvalue weighted by atomic mass is 9.98. The van der Waals surface area contributed by atoms with Crippen LogP contribution in [0, 0.1) is 0 Å². The van der Waals surface area contributed by atoms with Gasteiger partial charge in [-0.15, -0.1) is 0 Å². The van der Waals surface area contributed by atoms with Gasteiger partial charge in [0, 0.05) is 32.2 Å². The minimum Gasteiger partial charge on any atom is -0.497 e. The van der Waals surface area contributed by atoms with E-state index in [1.54, 1.807) is 14.2 Å². The maximum Gasteiger partial charge on any atom is 0.234 e. The van der Waals surface area contributed by atoms with Gasteiger partial charge >= 0.3 is 0 Å². The average Bonchev–Trinajstić information content (AvgIpc) is 3.23. The molecule has 0 bridgehead atoms. The van der Waals surface area contributed by atoms with E-state index in [9.17, 15) is 13.2 Å². The zero-order valence-corrected chi connectivity index (χ0v) is 20.6. The van der Waals surface area contributed by atoms with Crippen LogP contribution in [0.4, 0.5) is 0 Å². The van der Waals surface area contributed by atoms with Crippen molar-refractivity contribution < 1.29 is 22.7 Å². The normalized spacial score (nSPS) is 20.9. The molecule has 9 heteroatoms. The van der Waals surface area contributed by atoms with E-state index in [4.69, 9.17) is 9.47 Å². The second-order valence-corrected chi connectivity index (χ2v) is 11.1. The van der Waals surface area contributed by atoms with Crippen molar-refractivity contribution in [1.82, 2.24) is 15.1 Å². The largest absolute Gasteiger partial charge is 0.497 e. The van der Waals surface area contributed by atoms with E-state index in [1.165, 1.54) is 0 Å². The van der Waals surface area contributed by atoms with Gasteiger partial charge in [0.05, 0.1) is 38.3 Å². The number of hydrogen-bond donors (Lipinski definition) is 1. The number of ether oxygens (including phenoxy) is 2. The highest BCUT2D eigenvalue weighted by atomic mass is 32.2. The van der Waals surface area contributed by atoms with Gasteiger partial charge in [-0.1, -0.05) is 24.3 Å². The summed E-state index contributed by atoms with van der Waals surface area (Å²) in [6.45, 7) is 3.38. The topological polar surface area (TPSA) is 88.2 Å². The standard InChI is InChI=1S/C25H33N3O5S/c1-32-22-7-3-19(4-8-22)25(20-5-9-23(33-2)10-6-20)26-24(29)17-27-12-14-28(15-13-27)21-11-16-34(30,31)18-21/h3-10,21,25H,11-18H2,1-2H3,(H,26,29)/t21-/m0/s1. The van der Waals surface area contributed by atoms with Crippen molar-refractivity contribution in [3.63, 3.8) is 0 Å². The molecule has 2 fully saturated rings. The van der Waals surface area contributed by atoms with E-state index in [-0.39, 0.29) is 23.7 Å². The molecular formula is C25H33N3O5S. The van der Waals surface area contributed by atoms with Crippen LogP contribution in [0.3, 0.4) is 0 Å². The molecular weight excluding hydrogens is 454 g/mol. The van der Waals surface area contributed by atoms with Crippen molar-refractivity contribution in [2.45, 2.75) is 18.5 Å². The monoisotopic (exact) mass is 487 g/mol. The van der Waals surface area contributed by atoms with Crippen molar-refractivity contribution in [2.24, 2.45) is 0 Å². The Bertz CT molecular complexity index is 1020. The van der Waals surface area contributed by atoms with E-state index in [1.807, 2.05) is 48.5 Å². The summed E-state index contributed by atoms with van der Waals surface area (Å²) in [7, 11) is 0.369. The molecule has 2 saturated heterocycles. The summed E-state index contributed by atoms with van der Waals surface area (Å²) in [5.74, 6) is 2.03. The minimum atomic E-state index is -2.89. The first-order valence-electron chi connectivity index (χ1n) is 11.6. The molecule has 34 heavy (non-hydrogen) atoms. The van der Waals surface area contributed by atoms with Crippen LogP contribution in [0.1, 0.15) is 23.6 Å². The Balaban J connectivity index is 1.38. The maximum absolute atomic E-state index is 13.0. The van der Waals surface area contributed by atoms with Crippen LogP contribution in [0.15, 0.2) is 48.5 Å². The number of rotatable bonds is 8. The van der Waals surface area contributed by atoms with Crippen molar-refractivity contribution >= 4 is 15.7 Å². The SMILES string of the molecule is COc1ccc(C(NC(=O)CN2CCN([C@H]3CCS(=O)(=O)C3)CC2)c2ccc(OC)cc2)cc1. The number of nitrogens with zero attached hydrogens (tertiary/aromatic N) is 2. The molecule has 2 aliphatic rings. The molecule has 0 aromatic heterocycles. The van der Waals surface area contributed by atoms with E-state index in [0.717, 1.165) is 48.8 Å². The first-order valence-corrected chi connectivity index (χ1v) is 13.4. The van der Waals surface area contributed by atoms with Crippen molar-refractivity contribution in [3.05, 3.63) is 59.7 Å². The zero-order chi connectivity index (χ0) is 24.1. The molecule has 1 atom stereocenters. The predicted octanol–water partition coefficient (Wildman–Crippen LogP) is 1.71. The van der Waals surface area contributed by atoms with E-state index in [2.05, 4.69) is 15.1 Å². The second kappa shape index (κ2) is 10.8. The molecule has 2 aromatic carbocycles. The fourth-order valence-electron chi connectivity index (χ4n) is 4.71. The number of amides is 1. The van der Waals surface area contributed by atoms with Gasteiger partial charge in [0.25, 0.3) is 0 Å². The summed E-state index contributed by atoms with van der Waals surface area (Å²) in [5.41, 5.74) is 1.93. The number of hydrogen-bond acceptors (Lipinski definition) is 7. The summed E-state index contributed by atoms with van der Waals surface area (Å²) in [4.78, 5) is 17.4. The number of methoxy groups -OCH3 is 2. The molecule has 1 amide bonds. The van der Waals surface area contributed by atoms with Crippen LogP contribution in [-0.4, -0.2) is 88.6 Å².